The molecule has 1 atom stereocenters. The second-order valence-corrected chi connectivity index (χ2v) is 8.18. The van der Waals surface area contributed by atoms with Gasteiger partial charge < -0.3 is 9.64 Å². The first-order chi connectivity index (χ1) is 10.5. The quantitative estimate of drug-likeness (QED) is 0.625. The molecule has 0 saturated carbocycles. The van der Waals surface area contributed by atoms with Gasteiger partial charge in [0.1, 0.15) is 0 Å². The van der Waals surface area contributed by atoms with Crippen molar-refractivity contribution in [1.29, 1.82) is 0 Å². The summed E-state index contributed by atoms with van der Waals surface area (Å²) in [5.74, 6) is -0.268. The molecule has 0 radical (unpaired) electrons. The fraction of sp³-hybridized carbons (Fsp3) is 0.933. The van der Waals surface area contributed by atoms with Crippen LogP contribution in [0.1, 0.15) is 45.4 Å². The molecule has 7 heteroatoms. The molecule has 0 aromatic carbocycles. The maximum atomic E-state index is 12.5. The van der Waals surface area contributed by atoms with E-state index in [2.05, 4.69) is 4.90 Å². The molecule has 2 aliphatic rings. The minimum Gasteiger partial charge on any atom is -0.466 e. The Balaban J connectivity index is 1.82. The Morgan fingerprint density at radius 1 is 1.18 bits per heavy atom. The van der Waals surface area contributed by atoms with E-state index in [1.165, 1.54) is 12.8 Å². The van der Waals surface area contributed by atoms with Gasteiger partial charge in [-0.1, -0.05) is 0 Å². The van der Waals surface area contributed by atoms with Gasteiger partial charge in [0.2, 0.25) is 10.0 Å². The SMILES string of the molecule is CCOC(=O)CCCS(=O)(=O)N1CCCC1CN1CCCC1. The lowest BCUT2D eigenvalue weighted by Crippen LogP contribution is -2.43. The molecule has 0 bridgehead atoms. The van der Waals surface area contributed by atoms with Gasteiger partial charge >= 0.3 is 5.97 Å². The average Bonchev–Trinajstić information content (AvgIpc) is 3.11. The van der Waals surface area contributed by atoms with Crippen LogP contribution in [0.2, 0.25) is 0 Å². The summed E-state index contributed by atoms with van der Waals surface area (Å²) >= 11 is 0. The Morgan fingerprint density at radius 3 is 2.59 bits per heavy atom. The van der Waals surface area contributed by atoms with E-state index in [0.717, 1.165) is 32.5 Å². The summed E-state index contributed by atoms with van der Waals surface area (Å²) in [5, 5.41) is 0. The zero-order chi connectivity index (χ0) is 16.0. The van der Waals surface area contributed by atoms with Crippen molar-refractivity contribution in [3.05, 3.63) is 0 Å². The van der Waals surface area contributed by atoms with Crippen molar-refractivity contribution in [1.82, 2.24) is 9.21 Å². The maximum Gasteiger partial charge on any atom is 0.305 e. The molecule has 2 heterocycles. The average molecular weight is 332 g/mol. The molecule has 22 heavy (non-hydrogen) atoms. The summed E-state index contributed by atoms with van der Waals surface area (Å²) in [7, 11) is -3.26. The Morgan fingerprint density at radius 2 is 1.91 bits per heavy atom. The van der Waals surface area contributed by atoms with Crippen molar-refractivity contribution in [3.8, 4) is 0 Å². The van der Waals surface area contributed by atoms with E-state index in [0.29, 0.717) is 19.6 Å². The van der Waals surface area contributed by atoms with Crippen LogP contribution in [0.4, 0.5) is 0 Å². The van der Waals surface area contributed by atoms with E-state index in [9.17, 15) is 13.2 Å². The lowest BCUT2D eigenvalue weighted by atomic mass is 10.2. The Labute approximate surface area is 133 Å². The van der Waals surface area contributed by atoms with Crippen molar-refractivity contribution in [2.75, 3.05) is 38.5 Å². The number of carbonyl (C=O) groups is 1. The van der Waals surface area contributed by atoms with Crippen LogP contribution >= 0.6 is 0 Å². The molecule has 2 fully saturated rings. The number of rotatable bonds is 8. The Bertz CT molecular complexity index is 460. The molecule has 0 amide bonds. The van der Waals surface area contributed by atoms with E-state index in [4.69, 9.17) is 4.74 Å². The Kier molecular flexibility index (Phi) is 6.65. The second-order valence-electron chi connectivity index (χ2n) is 6.14. The summed E-state index contributed by atoms with van der Waals surface area (Å²) in [4.78, 5) is 13.7. The Hall–Kier alpha value is -0.660. The predicted molar refractivity (Wildman–Crippen MR) is 85.1 cm³/mol. The van der Waals surface area contributed by atoms with E-state index in [-0.39, 0.29) is 24.2 Å². The number of carbonyl (C=O) groups excluding carboxylic acids is 1. The van der Waals surface area contributed by atoms with Gasteiger partial charge in [0, 0.05) is 25.6 Å². The number of likely N-dealkylation sites (tertiary alicyclic amines) is 1. The van der Waals surface area contributed by atoms with Gasteiger partial charge in [0.05, 0.1) is 12.4 Å². The molecule has 0 N–H and O–H groups in total. The summed E-state index contributed by atoms with van der Waals surface area (Å²) in [5.41, 5.74) is 0. The lowest BCUT2D eigenvalue weighted by Gasteiger charge is -2.27. The molecule has 6 nitrogen and oxygen atoms in total. The first-order valence-electron chi connectivity index (χ1n) is 8.40. The number of nitrogens with zero attached hydrogens (tertiary/aromatic N) is 2. The normalized spacial score (nSPS) is 24.0. The number of esters is 1. The first-order valence-corrected chi connectivity index (χ1v) is 10.0. The molecule has 0 aliphatic carbocycles. The summed E-state index contributed by atoms with van der Waals surface area (Å²) in [6, 6.07) is 0.116. The molecule has 2 aliphatic heterocycles. The van der Waals surface area contributed by atoms with Crippen LogP contribution in [-0.4, -0.2) is 68.2 Å². The van der Waals surface area contributed by atoms with Crippen molar-refractivity contribution in [2.24, 2.45) is 0 Å². The topological polar surface area (TPSA) is 66.9 Å². The first kappa shape index (κ1) is 17.7. The molecule has 0 aromatic rings. The van der Waals surface area contributed by atoms with Crippen LogP contribution in [0.3, 0.4) is 0 Å². The van der Waals surface area contributed by atoms with Gasteiger partial charge in [-0.25, -0.2) is 8.42 Å². The van der Waals surface area contributed by atoms with E-state index in [1.54, 1.807) is 11.2 Å². The number of hydrogen-bond donors (Lipinski definition) is 0. The third-order valence-electron chi connectivity index (χ3n) is 4.44. The summed E-state index contributed by atoms with van der Waals surface area (Å²) in [6.07, 6.45) is 4.85. The van der Waals surface area contributed by atoms with Crippen LogP contribution in [0.15, 0.2) is 0 Å². The van der Waals surface area contributed by atoms with Crippen LogP contribution in [0.25, 0.3) is 0 Å². The monoisotopic (exact) mass is 332 g/mol. The van der Waals surface area contributed by atoms with Gasteiger partial charge in [0.25, 0.3) is 0 Å². The molecule has 2 saturated heterocycles. The fourth-order valence-electron chi connectivity index (χ4n) is 3.37. The van der Waals surface area contributed by atoms with Crippen molar-refractivity contribution in [3.63, 3.8) is 0 Å². The smallest absolute Gasteiger partial charge is 0.305 e. The van der Waals surface area contributed by atoms with Gasteiger partial charge in [-0.3, -0.25) is 4.79 Å². The summed E-state index contributed by atoms with van der Waals surface area (Å²) < 4.78 is 31.5. The highest BCUT2D eigenvalue weighted by atomic mass is 32.2. The van der Waals surface area contributed by atoms with Crippen LogP contribution in [-0.2, 0) is 19.6 Å². The van der Waals surface area contributed by atoms with Gasteiger partial charge in [-0.05, 0) is 52.1 Å². The molecule has 128 valence electrons. The highest BCUT2D eigenvalue weighted by Crippen LogP contribution is 2.24. The lowest BCUT2D eigenvalue weighted by molar-refractivity contribution is -0.143. The molecule has 2 rings (SSSR count). The fourth-order valence-corrected chi connectivity index (χ4v) is 5.15. The van der Waals surface area contributed by atoms with Crippen LogP contribution in [0.5, 0.6) is 0 Å². The molecular formula is C15H28N2O4S. The summed E-state index contributed by atoms with van der Waals surface area (Å²) in [6.45, 7) is 5.76. The third-order valence-corrected chi connectivity index (χ3v) is 6.44. The number of ether oxygens (including phenoxy) is 1. The van der Waals surface area contributed by atoms with Crippen molar-refractivity contribution < 1.29 is 17.9 Å². The number of hydrogen-bond acceptors (Lipinski definition) is 5. The van der Waals surface area contributed by atoms with Gasteiger partial charge in [-0.2, -0.15) is 4.31 Å². The maximum absolute atomic E-state index is 12.5. The highest BCUT2D eigenvalue weighted by Gasteiger charge is 2.35. The van der Waals surface area contributed by atoms with Crippen molar-refractivity contribution >= 4 is 16.0 Å². The molecule has 0 spiro atoms. The molecular weight excluding hydrogens is 304 g/mol. The highest BCUT2D eigenvalue weighted by molar-refractivity contribution is 7.89. The minimum absolute atomic E-state index is 0.0440. The van der Waals surface area contributed by atoms with Crippen molar-refractivity contribution in [2.45, 2.75) is 51.5 Å². The van der Waals surface area contributed by atoms with E-state index < -0.39 is 10.0 Å². The van der Waals surface area contributed by atoms with Gasteiger partial charge in [-0.15, -0.1) is 0 Å². The largest absolute Gasteiger partial charge is 0.466 e. The molecule has 1 unspecified atom stereocenters. The number of sulfonamides is 1. The zero-order valence-corrected chi connectivity index (χ0v) is 14.3. The standard InChI is InChI=1S/C15H28N2O4S/c1-2-21-15(18)8-6-12-22(19,20)17-11-5-7-14(17)13-16-9-3-4-10-16/h14H,2-13H2,1H3. The van der Waals surface area contributed by atoms with Crippen LogP contribution in [0, 0.1) is 0 Å². The third kappa shape index (κ3) is 4.93. The van der Waals surface area contributed by atoms with E-state index in [1.807, 2.05) is 0 Å². The van der Waals surface area contributed by atoms with E-state index >= 15 is 0 Å². The second kappa shape index (κ2) is 8.26. The minimum atomic E-state index is -3.26. The zero-order valence-electron chi connectivity index (χ0n) is 13.5. The molecule has 0 aromatic heterocycles. The van der Waals surface area contributed by atoms with Gasteiger partial charge in [0.15, 0.2) is 0 Å². The van der Waals surface area contributed by atoms with Crippen LogP contribution < -0.4 is 0 Å². The predicted octanol–water partition coefficient (Wildman–Crippen LogP) is 1.22.